The number of methoxy groups -OCH3 is 1. The van der Waals surface area contributed by atoms with Gasteiger partial charge in [-0.05, 0) is 52.3 Å². The first-order chi connectivity index (χ1) is 10.0. The number of carbonyl (C=O) groups excluding carboxylic acids is 1. The molecule has 0 aliphatic rings. The van der Waals surface area contributed by atoms with Crippen LogP contribution in [0.2, 0.25) is 0 Å². The average molecular weight is 346 g/mol. The predicted molar refractivity (Wildman–Crippen MR) is 84.3 cm³/mol. The Hall–Kier alpha value is -2.52. The molecule has 2 aromatic rings. The lowest BCUT2D eigenvalue weighted by Crippen LogP contribution is -2.06. The molecule has 0 radical (unpaired) electrons. The summed E-state index contributed by atoms with van der Waals surface area (Å²) in [7, 11) is 1.31. The number of hydrogen-bond acceptors (Lipinski definition) is 5. The molecule has 0 amide bonds. The molecule has 0 saturated carbocycles. The number of esters is 1. The molecule has 21 heavy (non-hydrogen) atoms. The summed E-state index contributed by atoms with van der Waals surface area (Å²) in [4.78, 5) is 11.8. The zero-order chi connectivity index (χ0) is 15.4. The molecule has 0 unspecified atom stereocenters. The molecule has 3 N–H and O–H groups in total. The number of benzene rings is 2. The maximum Gasteiger partial charge on any atom is 0.340 e. The summed E-state index contributed by atoms with van der Waals surface area (Å²) in [6, 6.07) is 12.1. The molecule has 0 heterocycles. The smallest absolute Gasteiger partial charge is 0.340 e. The number of ether oxygens (including phenoxy) is 1. The van der Waals surface area contributed by atoms with Crippen molar-refractivity contribution in [1.29, 1.82) is 5.26 Å². The molecule has 2 rings (SSSR count). The van der Waals surface area contributed by atoms with Crippen LogP contribution in [0.5, 0.6) is 0 Å². The van der Waals surface area contributed by atoms with Gasteiger partial charge in [0.25, 0.3) is 0 Å². The number of nitrogens with one attached hydrogen (secondary N) is 1. The summed E-state index contributed by atoms with van der Waals surface area (Å²) < 4.78 is 5.46. The highest BCUT2D eigenvalue weighted by Gasteiger charge is 2.13. The molecule has 6 heteroatoms. The molecular formula is C15H12BrN3O2. The highest BCUT2D eigenvalue weighted by molar-refractivity contribution is 9.10. The Morgan fingerprint density at radius 1 is 1.29 bits per heavy atom. The third-order valence-corrected chi connectivity index (χ3v) is 3.47. The van der Waals surface area contributed by atoms with Crippen molar-refractivity contribution in [2.24, 2.45) is 0 Å². The fourth-order valence-corrected chi connectivity index (χ4v) is 2.26. The van der Waals surface area contributed by atoms with Gasteiger partial charge in [0.15, 0.2) is 0 Å². The normalized spacial score (nSPS) is 9.76. The summed E-state index contributed by atoms with van der Waals surface area (Å²) in [5.41, 5.74) is 8.35. The van der Waals surface area contributed by atoms with Gasteiger partial charge in [-0.3, -0.25) is 0 Å². The van der Waals surface area contributed by atoms with Gasteiger partial charge in [-0.25, -0.2) is 4.79 Å². The van der Waals surface area contributed by atoms with Crippen LogP contribution in [0.25, 0.3) is 0 Å². The van der Waals surface area contributed by atoms with Crippen molar-refractivity contribution in [3.63, 3.8) is 0 Å². The SMILES string of the molecule is COC(=O)c1cc(N)ccc1Nc1ccc(C#N)cc1Br. The monoisotopic (exact) mass is 345 g/mol. The number of nitriles is 1. The van der Waals surface area contributed by atoms with Gasteiger partial charge in [0, 0.05) is 10.2 Å². The minimum Gasteiger partial charge on any atom is -0.465 e. The zero-order valence-corrected chi connectivity index (χ0v) is 12.8. The van der Waals surface area contributed by atoms with E-state index in [2.05, 4.69) is 27.3 Å². The number of carbonyl (C=O) groups is 1. The van der Waals surface area contributed by atoms with Gasteiger partial charge >= 0.3 is 5.97 Å². The topological polar surface area (TPSA) is 88.1 Å². The van der Waals surface area contributed by atoms with Gasteiger partial charge in [0.2, 0.25) is 0 Å². The Morgan fingerprint density at radius 3 is 2.62 bits per heavy atom. The molecule has 0 spiro atoms. The van der Waals surface area contributed by atoms with Crippen LogP contribution in [0.3, 0.4) is 0 Å². The zero-order valence-electron chi connectivity index (χ0n) is 11.2. The van der Waals surface area contributed by atoms with Crippen LogP contribution in [0.4, 0.5) is 17.1 Å². The van der Waals surface area contributed by atoms with Crippen LogP contribution in [0.1, 0.15) is 15.9 Å². The molecule has 106 valence electrons. The molecule has 0 atom stereocenters. The fourth-order valence-electron chi connectivity index (χ4n) is 1.78. The van der Waals surface area contributed by atoms with E-state index < -0.39 is 5.97 Å². The third-order valence-electron chi connectivity index (χ3n) is 2.82. The molecule has 0 aromatic heterocycles. The largest absolute Gasteiger partial charge is 0.465 e. The summed E-state index contributed by atoms with van der Waals surface area (Å²) >= 11 is 3.38. The summed E-state index contributed by atoms with van der Waals surface area (Å²) in [6.07, 6.45) is 0. The summed E-state index contributed by atoms with van der Waals surface area (Å²) in [5, 5.41) is 12.0. The second-order valence-corrected chi connectivity index (χ2v) is 5.08. The van der Waals surface area contributed by atoms with E-state index in [-0.39, 0.29) is 0 Å². The van der Waals surface area contributed by atoms with Crippen molar-refractivity contribution in [3.05, 3.63) is 52.0 Å². The molecule has 5 nitrogen and oxygen atoms in total. The lowest BCUT2D eigenvalue weighted by atomic mass is 10.1. The Balaban J connectivity index is 2.40. The van der Waals surface area contributed by atoms with Crippen molar-refractivity contribution >= 4 is 39.0 Å². The Kier molecular flexibility index (Phi) is 4.45. The number of rotatable bonds is 3. The number of hydrogen-bond donors (Lipinski definition) is 2. The van der Waals surface area contributed by atoms with Gasteiger partial charge in [0.1, 0.15) is 0 Å². The minimum atomic E-state index is -0.477. The van der Waals surface area contributed by atoms with Crippen molar-refractivity contribution in [2.45, 2.75) is 0 Å². The fraction of sp³-hybridized carbons (Fsp3) is 0.0667. The first-order valence-corrected chi connectivity index (χ1v) is 6.79. The molecule has 0 saturated heterocycles. The number of nitrogens with two attached hydrogens (primary N) is 1. The number of anilines is 3. The van der Waals surface area contributed by atoms with Crippen LogP contribution >= 0.6 is 15.9 Å². The van der Waals surface area contributed by atoms with Crippen molar-refractivity contribution in [1.82, 2.24) is 0 Å². The van der Waals surface area contributed by atoms with Gasteiger partial charge < -0.3 is 15.8 Å². The van der Waals surface area contributed by atoms with E-state index in [0.29, 0.717) is 27.0 Å². The van der Waals surface area contributed by atoms with Crippen molar-refractivity contribution in [3.8, 4) is 6.07 Å². The highest BCUT2D eigenvalue weighted by atomic mass is 79.9. The molecule has 0 aliphatic heterocycles. The second kappa shape index (κ2) is 6.29. The Bertz CT molecular complexity index is 738. The number of nitrogen functional groups attached to an aromatic ring is 1. The molecule has 0 fully saturated rings. The standard InChI is InChI=1S/C15H12BrN3O2/c1-21-15(20)11-7-10(18)3-5-13(11)19-14-4-2-9(8-17)6-12(14)16/h2-7,19H,18H2,1H3. The quantitative estimate of drug-likeness (QED) is 0.657. The average Bonchev–Trinajstić information content (AvgIpc) is 2.49. The lowest BCUT2D eigenvalue weighted by Gasteiger charge is -2.13. The first-order valence-electron chi connectivity index (χ1n) is 5.99. The van der Waals surface area contributed by atoms with Crippen LogP contribution in [-0.2, 0) is 4.74 Å². The maximum atomic E-state index is 11.8. The second-order valence-electron chi connectivity index (χ2n) is 4.23. The Labute approximate surface area is 130 Å². The minimum absolute atomic E-state index is 0.341. The summed E-state index contributed by atoms with van der Waals surface area (Å²) in [6.45, 7) is 0. The van der Waals surface area contributed by atoms with Crippen LogP contribution in [0.15, 0.2) is 40.9 Å². The lowest BCUT2D eigenvalue weighted by molar-refractivity contribution is 0.0602. The number of nitrogens with zero attached hydrogens (tertiary/aromatic N) is 1. The van der Waals surface area contributed by atoms with Crippen molar-refractivity contribution in [2.75, 3.05) is 18.2 Å². The molecular weight excluding hydrogens is 334 g/mol. The van der Waals surface area contributed by atoms with E-state index in [0.717, 1.165) is 5.69 Å². The van der Waals surface area contributed by atoms with E-state index in [1.54, 1.807) is 36.4 Å². The molecule has 0 bridgehead atoms. The maximum absolute atomic E-state index is 11.8. The third kappa shape index (κ3) is 3.33. The molecule has 2 aromatic carbocycles. The first kappa shape index (κ1) is 14.9. The van der Waals surface area contributed by atoms with E-state index in [1.807, 2.05) is 0 Å². The van der Waals surface area contributed by atoms with Crippen LogP contribution in [-0.4, -0.2) is 13.1 Å². The van der Waals surface area contributed by atoms with E-state index in [4.69, 9.17) is 15.7 Å². The van der Waals surface area contributed by atoms with E-state index in [9.17, 15) is 4.79 Å². The van der Waals surface area contributed by atoms with E-state index in [1.165, 1.54) is 7.11 Å². The van der Waals surface area contributed by atoms with E-state index >= 15 is 0 Å². The van der Waals surface area contributed by atoms with Gasteiger partial charge in [-0.15, -0.1) is 0 Å². The van der Waals surface area contributed by atoms with Gasteiger partial charge in [-0.2, -0.15) is 5.26 Å². The number of halogens is 1. The van der Waals surface area contributed by atoms with Crippen molar-refractivity contribution < 1.29 is 9.53 Å². The van der Waals surface area contributed by atoms with Crippen LogP contribution in [0, 0.1) is 11.3 Å². The van der Waals surface area contributed by atoms with Crippen LogP contribution < -0.4 is 11.1 Å². The van der Waals surface area contributed by atoms with Gasteiger partial charge in [-0.1, -0.05) is 0 Å². The molecule has 0 aliphatic carbocycles. The predicted octanol–water partition coefficient (Wildman–Crippen LogP) is 3.43. The highest BCUT2D eigenvalue weighted by Crippen LogP contribution is 2.29. The van der Waals surface area contributed by atoms with Gasteiger partial charge in [0.05, 0.1) is 35.7 Å². The Morgan fingerprint density at radius 2 is 2.00 bits per heavy atom. The summed E-state index contributed by atoms with van der Waals surface area (Å²) in [5.74, 6) is -0.477.